The first kappa shape index (κ1) is 22.8. The number of anilines is 1. The summed E-state index contributed by atoms with van der Waals surface area (Å²) in [6.07, 6.45) is 4.43. The van der Waals surface area contributed by atoms with Crippen molar-refractivity contribution in [3.05, 3.63) is 64.8 Å². The van der Waals surface area contributed by atoms with Gasteiger partial charge in [-0.25, -0.2) is 14.8 Å². The van der Waals surface area contributed by atoms with Crippen LogP contribution in [0.1, 0.15) is 56.5 Å². The number of ether oxygens (including phenoxy) is 1. The maximum absolute atomic E-state index is 12.8. The molecule has 7 heteroatoms. The van der Waals surface area contributed by atoms with Crippen molar-refractivity contribution in [1.82, 2.24) is 15.3 Å². The lowest BCUT2D eigenvalue weighted by molar-refractivity contribution is 0.0428. The van der Waals surface area contributed by atoms with Crippen LogP contribution in [-0.4, -0.2) is 34.8 Å². The second-order valence-electron chi connectivity index (χ2n) is 10.5. The Morgan fingerprint density at radius 1 is 1.21 bits per heavy atom. The second kappa shape index (κ2) is 8.69. The molecule has 0 radical (unpaired) electrons. The van der Waals surface area contributed by atoms with E-state index in [1.165, 1.54) is 11.1 Å². The van der Waals surface area contributed by atoms with Crippen molar-refractivity contribution in [2.75, 3.05) is 18.0 Å². The number of alkyl carbamates (subject to hydrolysis) is 1. The summed E-state index contributed by atoms with van der Waals surface area (Å²) >= 11 is 1.65. The minimum atomic E-state index is -0.523. The van der Waals surface area contributed by atoms with Gasteiger partial charge in [0.25, 0.3) is 0 Å². The molecular formula is C27H32N4O2S. The van der Waals surface area contributed by atoms with Gasteiger partial charge in [0.2, 0.25) is 0 Å². The normalized spacial score (nSPS) is 19.2. The summed E-state index contributed by atoms with van der Waals surface area (Å²) in [6, 6.07) is 12.7. The molecule has 1 aromatic carbocycles. The van der Waals surface area contributed by atoms with Crippen LogP contribution in [-0.2, 0) is 11.2 Å². The van der Waals surface area contributed by atoms with Gasteiger partial charge in [0.05, 0.1) is 6.04 Å². The van der Waals surface area contributed by atoms with Crippen molar-refractivity contribution in [2.24, 2.45) is 5.41 Å². The van der Waals surface area contributed by atoms with E-state index < -0.39 is 5.60 Å². The first-order valence-electron chi connectivity index (χ1n) is 11.9. The fourth-order valence-corrected chi connectivity index (χ4v) is 6.02. The van der Waals surface area contributed by atoms with E-state index in [1.807, 2.05) is 39.3 Å². The number of nitrogens with one attached hydrogen (secondary N) is 1. The number of carbonyl (C=O) groups is 1. The van der Waals surface area contributed by atoms with Crippen molar-refractivity contribution >= 4 is 23.2 Å². The zero-order valence-electron chi connectivity index (χ0n) is 20.3. The molecule has 5 rings (SSSR count). The molecule has 1 spiro atoms. The summed E-state index contributed by atoms with van der Waals surface area (Å²) in [5.41, 5.74) is 4.14. The van der Waals surface area contributed by atoms with Gasteiger partial charge in [0.15, 0.2) is 0 Å². The highest BCUT2D eigenvalue weighted by atomic mass is 32.1. The highest BCUT2D eigenvalue weighted by Crippen LogP contribution is 2.52. The average molecular weight is 477 g/mol. The summed E-state index contributed by atoms with van der Waals surface area (Å²) in [5, 5.41) is 6.27. The summed E-state index contributed by atoms with van der Waals surface area (Å²) in [7, 11) is 0. The van der Waals surface area contributed by atoms with E-state index in [0.29, 0.717) is 0 Å². The number of fused-ring (bicyclic) bond motifs is 1. The van der Waals surface area contributed by atoms with Crippen LogP contribution in [0.2, 0.25) is 0 Å². The number of pyridine rings is 1. The quantitative estimate of drug-likeness (QED) is 0.508. The smallest absolute Gasteiger partial charge is 0.408 e. The van der Waals surface area contributed by atoms with Gasteiger partial charge in [0, 0.05) is 41.3 Å². The summed E-state index contributed by atoms with van der Waals surface area (Å²) in [4.78, 5) is 24.5. The number of aromatic nitrogens is 2. The topological polar surface area (TPSA) is 67.4 Å². The molecule has 3 aromatic rings. The number of hydrogen-bond acceptors (Lipinski definition) is 6. The highest BCUT2D eigenvalue weighted by Gasteiger charge is 2.48. The Bertz CT molecular complexity index is 1180. The number of amides is 1. The van der Waals surface area contributed by atoms with Crippen molar-refractivity contribution in [2.45, 2.75) is 58.6 Å². The maximum Gasteiger partial charge on any atom is 0.408 e. The predicted octanol–water partition coefficient (Wildman–Crippen LogP) is 5.92. The van der Waals surface area contributed by atoms with Gasteiger partial charge in [-0.1, -0.05) is 24.3 Å². The number of carbonyl (C=O) groups excluding carboxylic acids is 1. The number of thiazole rings is 1. The van der Waals surface area contributed by atoms with E-state index in [2.05, 4.69) is 51.6 Å². The molecule has 2 aromatic heterocycles. The van der Waals surface area contributed by atoms with E-state index in [1.54, 1.807) is 11.3 Å². The fourth-order valence-electron chi connectivity index (χ4n) is 5.39. The lowest BCUT2D eigenvalue weighted by atomic mass is 9.72. The molecule has 2 aliphatic rings. The van der Waals surface area contributed by atoms with E-state index in [4.69, 9.17) is 9.72 Å². The average Bonchev–Trinajstić information content (AvgIpc) is 3.40. The van der Waals surface area contributed by atoms with Crippen LogP contribution in [0.4, 0.5) is 10.6 Å². The zero-order chi connectivity index (χ0) is 23.9. The van der Waals surface area contributed by atoms with Crippen LogP contribution in [0.25, 0.3) is 10.6 Å². The third kappa shape index (κ3) is 4.53. The minimum absolute atomic E-state index is 0.0148. The van der Waals surface area contributed by atoms with Crippen LogP contribution >= 0.6 is 11.3 Å². The highest BCUT2D eigenvalue weighted by molar-refractivity contribution is 7.13. The van der Waals surface area contributed by atoms with Gasteiger partial charge < -0.3 is 15.0 Å². The number of aryl methyl sites for hydroxylation is 1. The Morgan fingerprint density at radius 3 is 2.68 bits per heavy atom. The molecule has 0 saturated carbocycles. The van der Waals surface area contributed by atoms with E-state index >= 15 is 0 Å². The van der Waals surface area contributed by atoms with Crippen LogP contribution in [0.3, 0.4) is 0 Å². The molecule has 1 saturated heterocycles. The van der Waals surface area contributed by atoms with E-state index in [-0.39, 0.29) is 17.6 Å². The van der Waals surface area contributed by atoms with Crippen LogP contribution in [0.15, 0.2) is 48.0 Å². The first-order chi connectivity index (χ1) is 16.2. The Balaban J connectivity index is 1.37. The molecule has 1 amide bonds. The standard InChI is InChI=1S/C27H32N4O2S/c1-18-15-20(24-28-11-14-34-24)16-22(29-18)31-12-9-27(10-13-31)17-19-7-5-6-8-21(19)23(27)30-25(32)33-26(2,3)4/h5-8,11,14-16,23H,9-10,12-13,17H2,1-4H3,(H,30,32)/t23-/m1/s1. The molecule has 1 aliphatic carbocycles. The molecule has 3 heterocycles. The lowest BCUT2D eigenvalue weighted by Gasteiger charge is -2.44. The number of benzene rings is 1. The SMILES string of the molecule is Cc1cc(-c2nccs2)cc(N2CCC3(CC2)Cc2ccccc2[C@H]3NC(=O)OC(C)(C)C)n1. The van der Waals surface area contributed by atoms with Crippen molar-refractivity contribution in [3.63, 3.8) is 0 Å². The lowest BCUT2D eigenvalue weighted by Crippen LogP contribution is -2.48. The first-order valence-corrected chi connectivity index (χ1v) is 12.8. The van der Waals surface area contributed by atoms with Gasteiger partial charge in [-0.3, -0.25) is 0 Å². The Morgan fingerprint density at radius 2 is 1.97 bits per heavy atom. The predicted molar refractivity (Wildman–Crippen MR) is 136 cm³/mol. The molecule has 1 atom stereocenters. The second-order valence-corrected chi connectivity index (χ2v) is 11.4. The fraction of sp³-hybridized carbons (Fsp3) is 0.444. The third-order valence-electron chi connectivity index (χ3n) is 6.88. The minimum Gasteiger partial charge on any atom is -0.444 e. The van der Waals surface area contributed by atoms with E-state index in [0.717, 1.165) is 54.4 Å². The molecule has 0 unspecified atom stereocenters. The molecular weight excluding hydrogens is 444 g/mol. The number of hydrogen-bond donors (Lipinski definition) is 1. The molecule has 178 valence electrons. The molecule has 1 fully saturated rings. The number of nitrogens with zero attached hydrogens (tertiary/aromatic N) is 3. The van der Waals surface area contributed by atoms with Crippen molar-refractivity contribution in [3.8, 4) is 10.6 Å². The summed E-state index contributed by atoms with van der Waals surface area (Å²) in [5.74, 6) is 1.01. The summed E-state index contributed by atoms with van der Waals surface area (Å²) in [6.45, 7) is 9.54. The van der Waals surface area contributed by atoms with Gasteiger partial charge in [0.1, 0.15) is 16.4 Å². The van der Waals surface area contributed by atoms with Gasteiger partial charge >= 0.3 is 6.09 Å². The van der Waals surface area contributed by atoms with Gasteiger partial charge in [-0.15, -0.1) is 11.3 Å². The molecule has 34 heavy (non-hydrogen) atoms. The number of piperidine rings is 1. The van der Waals surface area contributed by atoms with Crippen molar-refractivity contribution < 1.29 is 9.53 Å². The van der Waals surface area contributed by atoms with Crippen LogP contribution in [0.5, 0.6) is 0 Å². The van der Waals surface area contributed by atoms with E-state index in [9.17, 15) is 4.79 Å². The summed E-state index contributed by atoms with van der Waals surface area (Å²) < 4.78 is 5.63. The zero-order valence-corrected chi connectivity index (χ0v) is 21.1. The molecule has 0 bridgehead atoms. The molecule has 1 N–H and O–H groups in total. The molecule has 1 aliphatic heterocycles. The van der Waals surface area contributed by atoms with Gasteiger partial charge in [-0.2, -0.15) is 0 Å². The molecule has 6 nitrogen and oxygen atoms in total. The maximum atomic E-state index is 12.8. The largest absolute Gasteiger partial charge is 0.444 e. The number of rotatable bonds is 3. The Labute approximate surface area is 205 Å². The Kier molecular flexibility index (Phi) is 5.84. The third-order valence-corrected chi connectivity index (χ3v) is 7.71. The van der Waals surface area contributed by atoms with Crippen LogP contribution < -0.4 is 10.2 Å². The van der Waals surface area contributed by atoms with Gasteiger partial charge in [-0.05, 0) is 70.2 Å². The van der Waals surface area contributed by atoms with Crippen molar-refractivity contribution in [1.29, 1.82) is 0 Å². The monoisotopic (exact) mass is 476 g/mol. The Hall–Kier alpha value is -2.93. The van der Waals surface area contributed by atoms with Crippen LogP contribution in [0, 0.1) is 12.3 Å².